The number of hydrogen-bond acceptors (Lipinski definition) is 6. The van der Waals surface area contributed by atoms with E-state index in [-0.39, 0.29) is 23.2 Å². The van der Waals surface area contributed by atoms with Crippen molar-refractivity contribution in [3.63, 3.8) is 0 Å². The highest BCUT2D eigenvalue weighted by molar-refractivity contribution is 7.89. The van der Waals surface area contributed by atoms with Crippen LogP contribution in [0.5, 0.6) is 0 Å². The summed E-state index contributed by atoms with van der Waals surface area (Å²) >= 11 is 5.88. The van der Waals surface area contributed by atoms with Crippen LogP contribution < -0.4 is 4.90 Å². The van der Waals surface area contributed by atoms with Crippen LogP contribution in [0.4, 0.5) is 5.69 Å². The molecule has 1 aliphatic heterocycles. The molecule has 1 saturated heterocycles. The van der Waals surface area contributed by atoms with Crippen LogP contribution >= 0.6 is 11.6 Å². The van der Waals surface area contributed by atoms with Gasteiger partial charge in [-0.3, -0.25) is 4.79 Å². The van der Waals surface area contributed by atoms with Crippen LogP contribution in [0.2, 0.25) is 5.02 Å². The number of anilines is 1. The van der Waals surface area contributed by atoms with Crippen LogP contribution in [-0.2, 0) is 21.4 Å². The zero-order valence-electron chi connectivity index (χ0n) is 16.2. The molecule has 30 heavy (non-hydrogen) atoms. The third kappa shape index (κ3) is 4.09. The molecule has 0 N–H and O–H groups in total. The van der Waals surface area contributed by atoms with Crippen molar-refractivity contribution in [2.45, 2.75) is 24.3 Å². The lowest BCUT2D eigenvalue weighted by Crippen LogP contribution is -2.27. The Morgan fingerprint density at radius 2 is 1.83 bits per heavy atom. The van der Waals surface area contributed by atoms with Crippen molar-refractivity contribution in [3.05, 3.63) is 59.4 Å². The van der Waals surface area contributed by atoms with Crippen LogP contribution in [0.1, 0.15) is 18.7 Å². The highest BCUT2D eigenvalue weighted by Gasteiger charge is 2.25. The quantitative estimate of drug-likeness (QED) is 0.576. The number of halogens is 1. The predicted molar refractivity (Wildman–Crippen MR) is 111 cm³/mol. The minimum absolute atomic E-state index is 0.0515. The summed E-state index contributed by atoms with van der Waals surface area (Å²) in [6, 6.07) is 13.2. The zero-order chi connectivity index (χ0) is 21.3. The maximum atomic E-state index is 12.9. The number of hydrogen-bond donors (Lipinski definition) is 0. The van der Waals surface area contributed by atoms with Gasteiger partial charge in [0.2, 0.25) is 27.6 Å². The first-order valence-electron chi connectivity index (χ1n) is 9.30. The highest BCUT2D eigenvalue weighted by atomic mass is 35.5. The second kappa shape index (κ2) is 8.17. The number of nitrogens with zero attached hydrogens (tertiary/aromatic N) is 4. The minimum atomic E-state index is -3.77. The SMILES string of the molecule is CN(Cc1nc(-c2ccc(Cl)cc2)no1)S(=O)(=O)c1ccc(N2CCCC2=O)cc1. The monoisotopic (exact) mass is 446 g/mol. The summed E-state index contributed by atoms with van der Waals surface area (Å²) in [4.78, 5) is 17.9. The standard InChI is InChI=1S/C20H19ClN4O4S/c1-24(13-18-22-20(23-29-18)14-4-6-15(21)7-5-14)30(27,28)17-10-8-16(9-11-17)25-12-2-3-19(25)26/h4-11H,2-3,12-13H2,1H3. The second-order valence-electron chi connectivity index (χ2n) is 6.92. The summed E-state index contributed by atoms with van der Waals surface area (Å²) < 4.78 is 32.1. The van der Waals surface area contributed by atoms with Crippen molar-refractivity contribution in [2.24, 2.45) is 0 Å². The Hall–Kier alpha value is -2.75. The number of sulfonamides is 1. The Balaban J connectivity index is 1.48. The smallest absolute Gasteiger partial charge is 0.243 e. The van der Waals surface area contributed by atoms with E-state index in [4.69, 9.17) is 16.1 Å². The maximum Gasteiger partial charge on any atom is 0.243 e. The van der Waals surface area contributed by atoms with Crippen molar-refractivity contribution >= 4 is 33.2 Å². The van der Waals surface area contributed by atoms with E-state index in [0.717, 1.165) is 10.7 Å². The molecule has 1 fully saturated rings. The van der Waals surface area contributed by atoms with Gasteiger partial charge in [0.15, 0.2) is 0 Å². The zero-order valence-corrected chi connectivity index (χ0v) is 17.7. The van der Waals surface area contributed by atoms with E-state index < -0.39 is 10.0 Å². The molecule has 156 valence electrons. The van der Waals surface area contributed by atoms with Gasteiger partial charge in [-0.1, -0.05) is 16.8 Å². The van der Waals surface area contributed by atoms with Crippen LogP contribution in [0, 0.1) is 0 Å². The van der Waals surface area contributed by atoms with E-state index in [2.05, 4.69) is 10.1 Å². The van der Waals surface area contributed by atoms with Crippen LogP contribution in [0.25, 0.3) is 11.4 Å². The first-order chi connectivity index (χ1) is 14.3. The molecule has 1 aromatic heterocycles. The van der Waals surface area contributed by atoms with Gasteiger partial charge in [-0.05, 0) is 55.0 Å². The fourth-order valence-electron chi connectivity index (χ4n) is 3.21. The normalized spacial score (nSPS) is 14.6. The molecule has 4 rings (SSSR count). The number of rotatable bonds is 6. The fourth-order valence-corrected chi connectivity index (χ4v) is 4.46. The average Bonchev–Trinajstić information content (AvgIpc) is 3.37. The summed E-state index contributed by atoms with van der Waals surface area (Å²) in [5.74, 6) is 0.577. The third-order valence-electron chi connectivity index (χ3n) is 4.86. The molecule has 0 unspecified atom stereocenters. The van der Waals surface area contributed by atoms with Crippen molar-refractivity contribution < 1.29 is 17.7 Å². The average molecular weight is 447 g/mol. The number of aromatic nitrogens is 2. The summed E-state index contributed by atoms with van der Waals surface area (Å²) in [6.45, 7) is 0.577. The van der Waals surface area contributed by atoms with E-state index in [9.17, 15) is 13.2 Å². The van der Waals surface area contributed by atoms with Crippen molar-refractivity contribution in [3.8, 4) is 11.4 Å². The molecule has 2 aromatic carbocycles. The summed E-state index contributed by atoms with van der Waals surface area (Å²) in [5.41, 5.74) is 1.41. The Morgan fingerprint density at radius 1 is 1.13 bits per heavy atom. The topological polar surface area (TPSA) is 96.6 Å². The van der Waals surface area contributed by atoms with Crippen molar-refractivity contribution in [2.75, 3.05) is 18.5 Å². The van der Waals surface area contributed by atoms with E-state index in [1.54, 1.807) is 41.3 Å². The first kappa shape index (κ1) is 20.5. The second-order valence-corrected chi connectivity index (χ2v) is 9.40. The van der Waals surface area contributed by atoms with Gasteiger partial charge >= 0.3 is 0 Å². The van der Waals surface area contributed by atoms with Gasteiger partial charge in [0.25, 0.3) is 0 Å². The predicted octanol–water partition coefficient (Wildman–Crippen LogP) is 3.34. The molecule has 0 radical (unpaired) electrons. The maximum absolute atomic E-state index is 12.9. The van der Waals surface area contributed by atoms with Gasteiger partial charge in [0.05, 0.1) is 11.4 Å². The molecule has 0 bridgehead atoms. The summed E-state index contributed by atoms with van der Waals surface area (Å²) in [6.07, 6.45) is 1.33. The lowest BCUT2D eigenvalue weighted by molar-refractivity contribution is -0.117. The van der Waals surface area contributed by atoms with Gasteiger partial charge < -0.3 is 9.42 Å². The molecule has 3 aromatic rings. The van der Waals surface area contributed by atoms with E-state index >= 15 is 0 Å². The Labute approximate surface area is 179 Å². The van der Waals surface area contributed by atoms with E-state index in [1.807, 2.05) is 0 Å². The number of carbonyl (C=O) groups excluding carboxylic acids is 1. The molecule has 0 aliphatic carbocycles. The molecule has 10 heteroatoms. The van der Waals surface area contributed by atoms with E-state index in [1.165, 1.54) is 19.2 Å². The Kier molecular flexibility index (Phi) is 5.59. The van der Waals surface area contributed by atoms with Crippen LogP contribution in [-0.4, -0.2) is 42.4 Å². The van der Waals surface area contributed by atoms with Gasteiger partial charge in [0, 0.05) is 36.3 Å². The molecule has 0 saturated carbocycles. The Morgan fingerprint density at radius 3 is 2.47 bits per heavy atom. The first-order valence-corrected chi connectivity index (χ1v) is 11.1. The van der Waals surface area contributed by atoms with Gasteiger partial charge in [0.1, 0.15) is 0 Å². The molecule has 2 heterocycles. The summed E-state index contributed by atoms with van der Waals surface area (Å²) in [5, 5.41) is 4.49. The number of benzene rings is 2. The van der Waals surface area contributed by atoms with Crippen LogP contribution in [0.3, 0.4) is 0 Å². The van der Waals surface area contributed by atoms with Gasteiger partial charge in [-0.2, -0.15) is 9.29 Å². The summed E-state index contributed by atoms with van der Waals surface area (Å²) in [7, 11) is -2.32. The number of carbonyl (C=O) groups is 1. The largest absolute Gasteiger partial charge is 0.338 e. The van der Waals surface area contributed by atoms with Crippen molar-refractivity contribution in [1.29, 1.82) is 0 Å². The lowest BCUT2D eigenvalue weighted by atomic mass is 10.2. The minimum Gasteiger partial charge on any atom is -0.338 e. The third-order valence-corrected chi connectivity index (χ3v) is 6.93. The molecule has 0 atom stereocenters. The lowest BCUT2D eigenvalue weighted by Gasteiger charge is -2.18. The van der Waals surface area contributed by atoms with E-state index in [0.29, 0.717) is 35.1 Å². The highest BCUT2D eigenvalue weighted by Crippen LogP contribution is 2.25. The van der Waals surface area contributed by atoms with Crippen molar-refractivity contribution in [1.82, 2.24) is 14.4 Å². The van der Waals surface area contributed by atoms with Gasteiger partial charge in [-0.25, -0.2) is 8.42 Å². The molecular formula is C20H19ClN4O4S. The fraction of sp³-hybridized carbons (Fsp3) is 0.250. The molecule has 1 amide bonds. The molecular weight excluding hydrogens is 428 g/mol. The number of amides is 1. The van der Waals surface area contributed by atoms with Crippen LogP contribution in [0.15, 0.2) is 57.9 Å². The van der Waals surface area contributed by atoms with Gasteiger partial charge in [-0.15, -0.1) is 0 Å². The molecule has 8 nitrogen and oxygen atoms in total. The Bertz CT molecular complexity index is 1160. The molecule has 0 spiro atoms. The molecule has 1 aliphatic rings.